The molecule has 1 fully saturated rings. The van der Waals surface area contributed by atoms with E-state index in [2.05, 4.69) is 22.1 Å². The number of ether oxygens (including phenoxy) is 1. The molecule has 1 aromatic carbocycles. The number of amides is 3. The first-order valence-corrected chi connectivity index (χ1v) is 16.9. The van der Waals surface area contributed by atoms with E-state index in [1.165, 1.54) is 5.01 Å². The lowest BCUT2D eigenvalue weighted by Crippen LogP contribution is -2.61. The van der Waals surface area contributed by atoms with Crippen LogP contribution >= 0.6 is 0 Å². The highest BCUT2D eigenvalue weighted by atomic mass is 16.5. The van der Waals surface area contributed by atoms with Crippen molar-refractivity contribution < 1.29 is 28.7 Å². The minimum atomic E-state index is -1.08. The van der Waals surface area contributed by atoms with Gasteiger partial charge in [-0.3, -0.25) is 34.0 Å². The van der Waals surface area contributed by atoms with Crippen molar-refractivity contribution in [2.24, 2.45) is 11.8 Å². The van der Waals surface area contributed by atoms with E-state index in [0.717, 1.165) is 35.0 Å². The zero-order chi connectivity index (χ0) is 34.1. The molecule has 2 aliphatic rings. The summed E-state index contributed by atoms with van der Waals surface area (Å²) in [6, 6.07) is 8.01. The molecule has 5 atom stereocenters. The lowest BCUT2D eigenvalue weighted by atomic mass is 9.91. The van der Waals surface area contributed by atoms with E-state index in [0.29, 0.717) is 38.6 Å². The maximum Gasteiger partial charge on any atom is 0.306 e. The smallest absolute Gasteiger partial charge is 0.306 e. The second-order valence-corrected chi connectivity index (χ2v) is 13.1. The Morgan fingerprint density at radius 3 is 2.49 bits per heavy atom. The monoisotopic (exact) mass is 647 g/mol. The molecule has 0 unspecified atom stereocenters. The Morgan fingerprint density at radius 2 is 1.74 bits per heavy atom. The Balaban J connectivity index is 1.59. The number of carbonyl (C=O) groups excluding carboxylic acids is 5. The molecule has 4 rings (SSSR count). The maximum atomic E-state index is 13.3. The average Bonchev–Trinajstić information content (AvgIpc) is 3.06. The first kappa shape index (κ1) is 35.7. The molecular formula is C36H49N5O6. The van der Waals surface area contributed by atoms with Crippen LogP contribution in [0.1, 0.15) is 103 Å². The number of pyridine rings is 1. The molecule has 2 aromatic rings. The summed E-state index contributed by atoms with van der Waals surface area (Å²) < 4.78 is 5.63. The van der Waals surface area contributed by atoms with Crippen LogP contribution in [-0.2, 0) is 28.7 Å². The molecule has 0 spiro atoms. The first-order valence-electron chi connectivity index (χ1n) is 16.9. The van der Waals surface area contributed by atoms with E-state index in [9.17, 15) is 24.0 Å². The number of cyclic esters (lactones) is 1. The minimum Gasteiger partial charge on any atom is -0.452 e. The number of benzene rings is 1. The van der Waals surface area contributed by atoms with Crippen molar-refractivity contribution in [1.82, 2.24) is 26.1 Å². The second kappa shape index (κ2) is 16.6. The Labute approximate surface area is 277 Å². The second-order valence-electron chi connectivity index (χ2n) is 13.1. The fourth-order valence-electron chi connectivity index (χ4n) is 5.99. The lowest BCUT2D eigenvalue weighted by Gasteiger charge is -2.35. The minimum absolute atomic E-state index is 0.00325. The quantitative estimate of drug-likeness (QED) is 0.410. The van der Waals surface area contributed by atoms with Crippen LogP contribution < -0.4 is 16.1 Å². The molecule has 11 nitrogen and oxygen atoms in total. The van der Waals surface area contributed by atoms with Crippen LogP contribution in [0.2, 0.25) is 0 Å². The fraction of sp³-hybridized carbons (Fsp3) is 0.556. The van der Waals surface area contributed by atoms with Gasteiger partial charge in [0.05, 0.1) is 17.3 Å². The van der Waals surface area contributed by atoms with Gasteiger partial charge in [0.1, 0.15) is 17.9 Å². The Morgan fingerprint density at radius 1 is 1.00 bits per heavy atom. The molecule has 2 aliphatic heterocycles. The van der Waals surface area contributed by atoms with Gasteiger partial charge in [0.15, 0.2) is 6.10 Å². The van der Waals surface area contributed by atoms with Crippen LogP contribution in [0.3, 0.4) is 0 Å². The Hall–Kier alpha value is -4.12. The lowest BCUT2D eigenvalue weighted by molar-refractivity contribution is -0.159. The van der Waals surface area contributed by atoms with E-state index in [1.54, 1.807) is 20.8 Å². The third-order valence-corrected chi connectivity index (χ3v) is 8.88. The summed E-state index contributed by atoms with van der Waals surface area (Å²) in [5.74, 6) is -1.91. The van der Waals surface area contributed by atoms with E-state index >= 15 is 0 Å². The molecule has 0 saturated carbocycles. The molecule has 0 aliphatic carbocycles. The summed E-state index contributed by atoms with van der Waals surface area (Å²) in [6.07, 6.45) is 6.98. The summed E-state index contributed by atoms with van der Waals surface area (Å²) in [4.78, 5) is 69.9. The number of ketones is 1. The molecule has 3 N–H and O–H groups in total. The molecule has 11 heteroatoms. The molecular weight excluding hydrogens is 598 g/mol. The number of hydrogen-bond donors (Lipinski definition) is 3. The van der Waals surface area contributed by atoms with Gasteiger partial charge in [0.25, 0.3) is 11.8 Å². The van der Waals surface area contributed by atoms with Gasteiger partial charge in [-0.25, -0.2) is 5.43 Å². The summed E-state index contributed by atoms with van der Waals surface area (Å²) in [5.41, 5.74) is 5.55. The number of hydrazine groups is 1. The van der Waals surface area contributed by atoms with Gasteiger partial charge in [0, 0.05) is 31.2 Å². The van der Waals surface area contributed by atoms with Gasteiger partial charge in [-0.2, -0.15) is 0 Å². The summed E-state index contributed by atoms with van der Waals surface area (Å²) in [6.45, 7) is 9.21. The largest absolute Gasteiger partial charge is 0.452 e. The van der Waals surface area contributed by atoms with E-state index in [1.807, 2.05) is 50.3 Å². The molecule has 47 heavy (non-hydrogen) atoms. The van der Waals surface area contributed by atoms with Crippen LogP contribution in [0.15, 0.2) is 36.4 Å². The van der Waals surface area contributed by atoms with Gasteiger partial charge in [-0.1, -0.05) is 51.1 Å². The van der Waals surface area contributed by atoms with Crippen molar-refractivity contribution in [2.75, 3.05) is 6.54 Å². The van der Waals surface area contributed by atoms with Crippen molar-refractivity contribution in [1.29, 1.82) is 0 Å². The number of carbonyl (C=O) groups is 5. The van der Waals surface area contributed by atoms with Gasteiger partial charge < -0.3 is 15.4 Å². The van der Waals surface area contributed by atoms with E-state index in [-0.39, 0.29) is 36.0 Å². The molecule has 254 valence electrons. The molecule has 3 amide bonds. The van der Waals surface area contributed by atoms with Crippen molar-refractivity contribution in [3.8, 4) is 0 Å². The van der Waals surface area contributed by atoms with Gasteiger partial charge in [-0.15, -0.1) is 0 Å². The van der Waals surface area contributed by atoms with Crippen molar-refractivity contribution in [2.45, 2.75) is 110 Å². The molecule has 5 bridgehead atoms. The topological polar surface area (TPSA) is 147 Å². The highest BCUT2D eigenvalue weighted by Gasteiger charge is 2.34. The van der Waals surface area contributed by atoms with E-state index < -0.39 is 36.0 Å². The summed E-state index contributed by atoms with van der Waals surface area (Å²) >= 11 is 0. The van der Waals surface area contributed by atoms with Crippen LogP contribution in [0.5, 0.6) is 0 Å². The number of nitrogens with one attached hydrogen (secondary N) is 3. The molecule has 1 aromatic heterocycles. The zero-order valence-corrected chi connectivity index (χ0v) is 28.2. The fourth-order valence-corrected chi connectivity index (χ4v) is 5.99. The molecule has 0 radical (unpaired) electrons. The van der Waals surface area contributed by atoms with Crippen LogP contribution in [0, 0.1) is 11.8 Å². The molecule has 1 saturated heterocycles. The normalized spacial score (nSPS) is 26.3. The van der Waals surface area contributed by atoms with E-state index in [4.69, 9.17) is 9.72 Å². The number of rotatable bonds is 4. The van der Waals surface area contributed by atoms with Gasteiger partial charge in [0.2, 0.25) is 5.91 Å². The van der Waals surface area contributed by atoms with Gasteiger partial charge in [-0.05, 0) is 75.5 Å². The predicted octanol–water partition coefficient (Wildman–Crippen LogP) is 4.55. The highest BCUT2D eigenvalue weighted by molar-refractivity contribution is 5.91. The third-order valence-electron chi connectivity index (χ3n) is 8.88. The summed E-state index contributed by atoms with van der Waals surface area (Å²) in [7, 11) is 0. The number of fused-ring (bicyclic) bond motifs is 4. The predicted molar refractivity (Wildman–Crippen MR) is 179 cm³/mol. The van der Waals surface area contributed by atoms with Gasteiger partial charge >= 0.3 is 5.97 Å². The maximum absolute atomic E-state index is 13.3. The Bertz CT molecular complexity index is 1490. The SMILES string of the molecule is CCC(=O)C[C@H]1CC/C=C/c2ccc3ccc(nc3c2)[C@@H](C)NC(=O)[C@@H]2CCCN(N2)C(=O)[C@H](C)NC(=O)[C@H](C(C)C)OC(=O)CC1. The first-order chi connectivity index (χ1) is 22.4. The van der Waals surface area contributed by atoms with Crippen LogP contribution in [0.25, 0.3) is 17.0 Å². The van der Waals surface area contributed by atoms with Crippen molar-refractivity contribution >= 4 is 46.5 Å². The third kappa shape index (κ3) is 9.93. The number of Topliss-reactive ketones (excluding diaryl/α,β-unsaturated/α-hetero) is 1. The standard InChI is InChI=1S/C36H49N5O6/c1-6-28(42)20-25-10-7-8-11-26-13-15-27-16-17-29(39-31(27)21-26)23(4)37-34(44)30-12-9-19-41(40-30)36(46)24(5)38-35(45)33(22(2)3)47-32(43)18-14-25/h8,11,13,15-17,21-25,30,33,40H,6-7,9-10,12,14,18-20H2,1-5H3,(H,37,44)(H,38,45)/b11-8+/t23-,24+,25+,30+,33+/m1/s1. The zero-order valence-electron chi connectivity index (χ0n) is 28.2. The van der Waals surface area contributed by atoms with Crippen LogP contribution in [0.4, 0.5) is 0 Å². The average molecular weight is 648 g/mol. The summed E-state index contributed by atoms with van der Waals surface area (Å²) in [5, 5.41) is 8.09. The number of allylic oxidation sites excluding steroid dienone is 1. The van der Waals surface area contributed by atoms with Crippen LogP contribution in [-0.4, -0.2) is 64.2 Å². The van der Waals surface area contributed by atoms with Crippen molar-refractivity contribution in [3.05, 3.63) is 47.7 Å². The number of esters is 1. The Kier molecular flexibility index (Phi) is 12.6. The van der Waals surface area contributed by atoms with Crippen molar-refractivity contribution in [3.63, 3.8) is 0 Å². The molecule has 3 heterocycles. The number of aromatic nitrogens is 1. The number of nitrogens with zero attached hydrogens (tertiary/aromatic N) is 2. The highest BCUT2D eigenvalue weighted by Crippen LogP contribution is 2.23. The number of hydrogen-bond acceptors (Lipinski definition) is 8.